The van der Waals surface area contributed by atoms with Gasteiger partial charge < -0.3 is 0 Å². The van der Waals surface area contributed by atoms with Crippen molar-refractivity contribution in [1.29, 1.82) is 0 Å². The molecule has 5 rings (SSSR count). The molecule has 4 aromatic carbocycles. The molecule has 0 radical (unpaired) electrons. The van der Waals surface area contributed by atoms with Gasteiger partial charge in [-0.15, -0.1) is 11.3 Å². The zero-order valence-corrected chi connectivity index (χ0v) is 23.6. The van der Waals surface area contributed by atoms with Crippen molar-refractivity contribution in [2.75, 3.05) is 0 Å². The van der Waals surface area contributed by atoms with Crippen LogP contribution in [0.25, 0.3) is 22.2 Å². The lowest BCUT2D eigenvalue weighted by molar-refractivity contribution is -0.137. The Morgan fingerprint density at radius 1 is 0.659 bits per heavy atom. The monoisotopic (exact) mass is 608 g/mol. The predicted octanol–water partition coefficient (Wildman–Crippen LogP) is 10.7. The van der Waals surface area contributed by atoms with Crippen molar-refractivity contribution < 1.29 is 22.8 Å². The van der Waals surface area contributed by atoms with Gasteiger partial charge in [0.2, 0.25) is 0 Å². The van der Waals surface area contributed by atoms with Gasteiger partial charge in [-0.3, -0.25) is 9.59 Å². The van der Waals surface area contributed by atoms with Gasteiger partial charge in [0.25, 0.3) is 0 Å². The molecule has 0 atom stereocenters. The van der Waals surface area contributed by atoms with Crippen molar-refractivity contribution in [3.8, 4) is 0 Å². The lowest BCUT2D eigenvalue weighted by Gasteiger charge is -2.05. The summed E-state index contributed by atoms with van der Waals surface area (Å²) < 4.78 is 38.3. The van der Waals surface area contributed by atoms with Crippen LogP contribution in [0.2, 0.25) is 10.0 Å². The first-order chi connectivity index (χ1) is 19.6. The van der Waals surface area contributed by atoms with Gasteiger partial charge in [-0.25, -0.2) is 0 Å². The van der Waals surface area contributed by atoms with Crippen LogP contribution in [0, 0.1) is 0 Å². The van der Waals surface area contributed by atoms with E-state index in [1.54, 1.807) is 41.7 Å². The van der Waals surface area contributed by atoms with Crippen LogP contribution in [-0.4, -0.2) is 11.6 Å². The van der Waals surface area contributed by atoms with E-state index in [2.05, 4.69) is 0 Å². The number of halogens is 5. The molecular formula is C33H21Cl2F3O2S. The molecule has 1 heterocycles. The van der Waals surface area contributed by atoms with Gasteiger partial charge in [0, 0.05) is 36.6 Å². The van der Waals surface area contributed by atoms with E-state index in [9.17, 15) is 22.8 Å². The molecular weight excluding hydrogens is 588 g/mol. The van der Waals surface area contributed by atoms with E-state index in [0.717, 1.165) is 33.3 Å². The highest BCUT2D eigenvalue weighted by atomic mass is 35.5. The molecule has 0 bridgehead atoms. The van der Waals surface area contributed by atoms with Crippen molar-refractivity contribution in [3.63, 3.8) is 0 Å². The lowest BCUT2D eigenvalue weighted by Crippen LogP contribution is -2.04. The average molecular weight is 609 g/mol. The third-order valence-corrected chi connectivity index (χ3v) is 7.30. The Morgan fingerprint density at radius 3 is 1.76 bits per heavy atom. The summed E-state index contributed by atoms with van der Waals surface area (Å²) in [5.74, 6) is -0.219. The molecule has 0 unspecified atom stereocenters. The zero-order valence-electron chi connectivity index (χ0n) is 21.2. The van der Waals surface area contributed by atoms with Gasteiger partial charge in [0.1, 0.15) is 0 Å². The number of fused-ring (bicyclic) bond motifs is 1. The van der Waals surface area contributed by atoms with E-state index in [1.165, 1.54) is 24.3 Å². The second-order valence-corrected chi connectivity index (χ2v) is 10.5. The van der Waals surface area contributed by atoms with E-state index >= 15 is 0 Å². The quantitative estimate of drug-likeness (QED) is 0.142. The summed E-state index contributed by atoms with van der Waals surface area (Å²) in [7, 11) is 0. The molecule has 0 amide bonds. The number of rotatable bonds is 6. The first-order valence-electron chi connectivity index (χ1n) is 12.2. The number of carbonyl (C=O) groups is 2. The Bertz CT molecular complexity index is 1700. The highest BCUT2D eigenvalue weighted by molar-refractivity contribution is 7.17. The number of carbonyl (C=O) groups excluding carboxylic acids is 2. The number of alkyl halides is 3. The smallest absolute Gasteiger partial charge is 0.289 e. The van der Waals surface area contributed by atoms with Crippen LogP contribution in [0.1, 0.15) is 37.4 Å². The lowest BCUT2D eigenvalue weighted by atomic mass is 10.1. The first-order valence-corrected chi connectivity index (χ1v) is 13.8. The SMILES string of the molecule is O=C(/C=C/c1ccc(C(F)(F)F)cc1)c1ccc(Cl)cc1.O=C(/C=C/c1ccc(Cl)cc1)c1csc2ccccc12. The van der Waals surface area contributed by atoms with Gasteiger partial charge in [-0.1, -0.05) is 77.8 Å². The minimum Gasteiger partial charge on any atom is -0.289 e. The Labute approximate surface area is 249 Å². The van der Waals surface area contributed by atoms with E-state index in [-0.39, 0.29) is 11.6 Å². The minimum atomic E-state index is -4.36. The van der Waals surface area contributed by atoms with Crippen LogP contribution < -0.4 is 0 Å². The molecule has 41 heavy (non-hydrogen) atoms. The van der Waals surface area contributed by atoms with E-state index in [1.807, 2.05) is 60.0 Å². The highest BCUT2D eigenvalue weighted by Crippen LogP contribution is 2.29. The molecule has 0 fully saturated rings. The Kier molecular flexibility index (Phi) is 9.95. The van der Waals surface area contributed by atoms with E-state index < -0.39 is 11.7 Å². The fourth-order valence-corrected chi connectivity index (χ4v) is 4.87. The predicted molar refractivity (Wildman–Crippen MR) is 163 cm³/mol. The van der Waals surface area contributed by atoms with Crippen LogP contribution in [0.4, 0.5) is 13.2 Å². The molecule has 206 valence electrons. The molecule has 0 spiro atoms. The third-order valence-electron chi connectivity index (χ3n) is 5.84. The first kappa shape index (κ1) is 30.0. The number of thiophene rings is 1. The van der Waals surface area contributed by atoms with E-state index in [0.29, 0.717) is 21.2 Å². The molecule has 0 saturated carbocycles. The second-order valence-electron chi connectivity index (χ2n) is 8.72. The second kappa shape index (κ2) is 13.6. The molecule has 1 aromatic heterocycles. The topological polar surface area (TPSA) is 34.1 Å². The van der Waals surface area contributed by atoms with Crippen LogP contribution in [-0.2, 0) is 6.18 Å². The van der Waals surface area contributed by atoms with Gasteiger partial charge in [-0.05, 0) is 77.9 Å². The van der Waals surface area contributed by atoms with Crippen molar-refractivity contribution >= 4 is 68.3 Å². The van der Waals surface area contributed by atoms with Crippen molar-refractivity contribution in [2.45, 2.75) is 6.18 Å². The molecule has 0 aliphatic carbocycles. The molecule has 2 nitrogen and oxygen atoms in total. The maximum atomic E-state index is 12.4. The maximum Gasteiger partial charge on any atom is 0.416 e. The largest absolute Gasteiger partial charge is 0.416 e. The van der Waals surface area contributed by atoms with Crippen LogP contribution >= 0.6 is 34.5 Å². The summed E-state index contributed by atoms with van der Waals surface area (Å²) in [5, 5.41) is 4.15. The van der Waals surface area contributed by atoms with Crippen molar-refractivity contribution in [1.82, 2.24) is 0 Å². The normalized spacial score (nSPS) is 11.5. The molecule has 0 N–H and O–H groups in total. The summed E-state index contributed by atoms with van der Waals surface area (Å²) >= 11 is 13.1. The fourth-order valence-electron chi connectivity index (χ4n) is 3.67. The average Bonchev–Trinajstić information content (AvgIpc) is 3.40. The maximum absolute atomic E-state index is 12.4. The van der Waals surface area contributed by atoms with Crippen LogP contribution in [0.15, 0.2) is 115 Å². The summed E-state index contributed by atoms with van der Waals surface area (Å²) in [6.07, 6.45) is 1.84. The van der Waals surface area contributed by atoms with Crippen LogP contribution in [0.3, 0.4) is 0 Å². The summed E-state index contributed by atoms with van der Waals surface area (Å²) in [6, 6.07) is 26.3. The molecule has 8 heteroatoms. The Hall–Kier alpha value is -3.97. The summed E-state index contributed by atoms with van der Waals surface area (Å²) in [5.41, 5.74) is 1.98. The molecule has 5 aromatic rings. The molecule has 0 aliphatic heterocycles. The number of allylic oxidation sites excluding steroid dienone is 2. The van der Waals surface area contributed by atoms with Gasteiger partial charge in [0.15, 0.2) is 11.6 Å². The zero-order chi connectivity index (χ0) is 29.4. The third kappa shape index (κ3) is 8.51. The fraction of sp³-hybridized carbons (Fsp3) is 0.0303. The molecule has 0 aliphatic rings. The minimum absolute atomic E-state index is 0.0254. The van der Waals surface area contributed by atoms with E-state index in [4.69, 9.17) is 23.2 Å². The number of ketones is 2. The number of benzene rings is 4. The standard InChI is InChI=1S/C17H11ClOS.C16H10ClF3O/c18-13-8-5-12(6-9-13)7-10-16(19)15-11-20-17-4-2-1-3-14(15)17;17-14-8-4-12(5-9-14)15(21)10-3-11-1-6-13(7-2-11)16(18,19)20/h1-11H;1-10H/b10-7+;10-3+. The Morgan fingerprint density at radius 2 is 1.17 bits per heavy atom. The summed E-state index contributed by atoms with van der Waals surface area (Å²) in [6.45, 7) is 0. The summed E-state index contributed by atoms with van der Waals surface area (Å²) in [4.78, 5) is 24.1. The Balaban J connectivity index is 0.000000189. The number of hydrogen-bond donors (Lipinski definition) is 0. The van der Waals surface area contributed by atoms with Crippen LogP contribution in [0.5, 0.6) is 0 Å². The van der Waals surface area contributed by atoms with Gasteiger partial charge in [-0.2, -0.15) is 13.2 Å². The van der Waals surface area contributed by atoms with Crippen molar-refractivity contribution in [2.24, 2.45) is 0 Å². The molecule has 0 saturated heterocycles. The van der Waals surface area contributed by atoms with Gasteiger partial charge >= 0.3 is 6.18 Å². The van der Waals surface area contributed by atoms with Gasteiger partial charge in [0.05, 0.1) is 5.56 Å². The number of hydrogen-bond acceptors (Lipinski definition) is 3. The van der Waals surface area contributed by atoms with Crippen molar-refractivity contribution in [3.05, 3.63) is 152 Å². The highest BCUT2D eigenvalue weighted by Gasteiger charge is 2.29.